The summed E-state index contributed by atoms with van der Waals surface area (Å²) in [5, 5.41) is 2.96. The molecule has 0 saturated carbocycles. The number of benzene rings is 2. The molecular formula is C27H34N4O3. The van der Waals surface area contributed by atoms with Crippen molar-refractivity contribution in [3.63, 3.8) is 0 Å². The lowest BCUT2D eigenvalue weighted by Gasteiger charge is -2.31. The van der Waals surface area contributed by atoms with E-state index in [-0.39, 0.29) is 30.2 Å². The number of hydrogen-bond donors (Lipinski definition) is 1. The van der Waals surface area contributed by atoms with Crippen LogP contribution >= 0.6 is 0 Å². The van der Waals surface area contributed by atoms with E-state index in [9.17, 15) is 14.4 Å². The van der Waals surface area contributed by atoms with Crippen LogP contribution in [0.25, 0.3) is 0 Å². The number of anilines is 1. The van der Waals surface area contributed by atoms with Gasteiger partial charge in [-0.2, -0.15) is 0 Å². The van der Waals surface area contributed by atoms with Crippen molar-refractivity contribution in [1.29, 1.82) is 0 Å². The Morgan fingerprint density at radius 1 is 0.853 bits per heavy atom. The van der Waals surface area contributed by atoms with Gasteiger partial charge in [-0.05, 0) is 37.0 Å². The average molecular weight is 463 g/mol. The van der Waals surface area contributed by atoms with Gasteiger partial charge < -0.3 is 20.0 Å². The molecule has 1 N–H and O–H groups in total. The summed E-state index contributed by atoms with van der Waals surface area (Å²) in [7, 11) is 0. The van der Waals surface area contributed by atoms with E-state index in [1.165, 1.54) is 0 Å². The van der Waals surface area contributed by atoms with E-state index < -0.39 is 0 Å². The first-order valence-electron chi connectivity index (χ1n) is 12.3. The molecule has 0 spiro atoms. The zero-order valence-corrected chi connectivity index (χ0v) is 19.9. The zero-order chi connectivity index (χ0) is 23.9. The molecule has 2 saturated heterocycles. The number of hydrogen-bond acceptors (Lipinski definition) is 4. The molecule has 7 nitrogen and oxygen atoms in total. The Hall–Kier alpha value is -3.35. The fourth-order valence-corrected chi connectivity index (χ4v) is 5.00. The summed E-state index contributed by atoms with van der Waals surface area (Å²) in [6.07, 6.45) is 3.13. The minimum Gasteiger partial charge on any atom is -0.371 e. The van der Waals surface area contributed by atoms with Crippen molar-refractivity contribution in [3.05, 3.63) is 65.7 Å². The largest absolute Gasteiger partial charge is 0.371 e. The Morgan fingerprint density at radius 2 is 1.56 bits per heavy atom. The van der Waals surface area contributed by atoms with Crippen molar-refractivity contribution in [2.45, 2.75) is 38.6 Å². The highest BCUT2D eigenvalue weighted by Crippen LogP contribution is 2.27. The molecule has 2 aromatic carbocycles. The molecular weight excluding hydrogens is 428 g/mol. The highest BCUT2D eigenvalue weighted by Gasteiger charge is 2.28. The van der Waals surface area contributed by atoms with Crippen LogP contribution in [0.5, 0.6) is 0 Å². The highest BCUT2D eigenvalue weighted by molar-refractivity contribution is 6.00. The molecule has 2 fully saturated rings. The summed E-state index contributed by atoms with van der Waals surface area (Å²) in [4.78, 5) is 44.8. The van der Waals surface area contributed by atoms with Gasteiger partial charge in [0.05, 0.1) is 18.0 Å². The number of amides is 3. The fraction of sp³-hybridized carbons (Fsp3) is 0.444. The summed E-state index contributed by atoms with van der Waals surface area (Å²) in [6.45, 7) is 5.31. The molecule has 0 aliphatic carbocycles. The van der Waals surface area contributed by atoms with Gasteiger partial charge in [0.2, 0.25) is 11.8 Å². The van der Waals surface area contributed by atoms with E-state index in [0.717, 1.165) is 37.2 Å². The molecule has 1 unspecified atom stereocenters. The van der Waals surface area contributed by atoms with Gasteiger partial charge in [-0.25, -0.2) is 0 Å². The molecule has 0 aromatic heterocycles. The maximum Gasteiger partial charge on any atom is 0.256 e. The number of carbonyl (C=O) groups excluding carboxylic acids is 3. The number of nitrogens with one attached hydrogen (secondary N) is 1. The van der Waals surface area contributed by atoms with Gasteiger partial charge in [-0.1, -0.05) is 42.5 Å². The van der Waals surface area contributed by atoms with Crippen LogP contribution in [0.15, 0.2) is 54.6 Å². The van der Waals surface area contributed by atoms with Crippen LogP contribution in [0.3, 0.4) is 0 Å². The van der Waals surface area contributed by atoms with E-state index >= 15 is 0 Å². The molecule has 2 aromatic rings. The molecule has 1 atom stereocenters. The third-order valence-corrected chi connectivity index (χ3v) is 6.74. The van der Waals surface area contributed by atoms with E-state index in [1.54, 1.807) is 11.8 Å². The monoisotopic (exact) mass is 462 g/mol. The first kappa shape index (κ1) is 23.8. The summed E-state index contributed by atoms with van der Waals surface area (Å²) in [6, 6.07) is 17.2. The molecule has 180 valence electrons. The summed E-state index contributed by atoms with van der Waals surface area (Å²) >= 11 is 0. The lowest BCUT2D eigenvalue weighted by Crippen LogP contribution is -2.39. The first-order valence-corrected chi connectivity index (χ1v) is 12.3. The molecule has 0 bridgehead atoms. The molecule has 0 radical (unpaired) electrons. The topological polar surface area (TPSA) is 73.0 Å². The standard InChI is InChI=1S/C27H34N4O3/c1-21(32)31-18-9-17-30(19-14-28-26(33)20-25(31)22-10-3-2-4-11-22)27(34)23-12-5-6-13-24(23)29-15-7-8-16-29/h2-6,10-13,25H,7-9,14-20H2,1H3,(H,28,33). The fourth-order valence-electron chi connectivity index (χ4n) is 5.00. The van der Waals surface area contributed by atoms with Crippen LogP contribution in [-0.4, -0.2) is 66.8 Å². The van der Waals surface area contributed by atoms with E-state index in [1.807, 2.05) is 59.5 Å². The van der Waals surface area contributed by atoms with Gasteiger partial charge in [0.15, 0.2) is 0 Å². The van der Waals surface area contributed by atoms with Gasteiger partial charge in [0.25, 0.3) is 5.91 Å². The Morgan fingerprint density at radius 3 is 2.29 bits per heavy atom. The third-order valence-electron chi connectivity index (χ3n) is 6.74. The predicted octanol–water partition coefficient (Wildman–Crippen LogP) is 3.23. The van der Waals surface area contributed by atoms with Crippen LogP contribution in [-0.2, 0) is 9.59 Å². The molecule has 34 heavy (non-hydrogen) atoms. The van der Waals surface area contributed by atoms with Gasteiger partial charge in [0, 0.05) is 51.9 Å². The molecule has 3 amide bonds. The van der Waals surface area contributed by atoms with Crippen LogP contribution in [0.1, 0.15) is 54.6 Å². The quantitative estimate of drug-likeness (QED) is 0.760. The second-order valence-electron chi connectivity index (χ2n) is 9.05. The van der Waals surface area contributed by atoms with E-state index in [4.69, 9.17) is 0 Å². The lowest BCUT2D eigenvalue weighted by molar-refractivity contribution is -0.132. The lowest BCUT2D eigenvalue weighted by atomic mass is 10.0. The van der Waals surface area contributed by atoms with Crippen molar-refractivity contribution in [3.8, 4) is 0 Å². The van der Waals surface area contributed by atoms with Crippen molar-refractivity contribution in [2.75, 3.05) is 44.2 Å². The molecule has 4 rings (SSSR count). The number of para-hydroxylation sites is 1. The minimum atomic E-state index is -0.322. The van der Waals surface area contributed by atoms with Crippen LogP contribution in [0.4, 0.5) is 5.69 Å². The van der Waals surface area contributed by atoms with Crippen molar-refractivity contribution >= 4 is 23.4 Å². The van der Waals surface area contributed by atoms with Gasteiger partial charge in [-0.15, -0.1) is 0 Å². The van der Waals surface area contributed by atoms with Crippen molar-refractivity contribution in [1.82, 2.24) is 15.1 Å². The maximum atomic E-state index is 13.6. The van der Waals surface area contributed by atoms with Gasteiger partial charge >= 0.3 is 0 Å². The first-order chi connectivity index (χ1) is 16.5. The Balaban J connectivity index is 1.54. The Bertz CT molecular complexity index is 1000. The number of nitrogens with zero attached hydrogens (tertiary/aromatic N) is 3. The van der Waals surface area contributed by atoms with Crippen LogP contribution in [0, 0.1) is 0 Å². The number of carbonyl (C=O) groups is 3. The molecule has 2 aliphatic heterocycles. The Kier molecular flexibility index (Phi) is 7.83. The molecule has 2 aliphatic rings. The van der Waals surface area contributed by atoms with Crippen LogP contribution in [0.2, 0.25) is 0 Å². The predicted molar refractivity (Wildman–Crippen MR) is 133 cm³/mol. The summed E-state index contributed by atoms with van der Waals surface area (Å²) < 4.78 is 0. The Labute approximate surface area is 201 Å². The molecule has 2 heterocycles. The SMILES string of the molecule is CC(=O)N1CCCN(C(=O)c2ccccc2N2CCCC2)CCNC(=O)CC1c1ccccc1. The van der Waals surface area contributed by atoms with E-state index in [2.05, 4.69) is 10.2 Å². The third kappa shape index (κ3) is 5.58. The number of rotatable bonds is 3. The van der Waals surface area contributed by atoms with E-state index in [0.29, 0.717) is 38.2 Å². The summed E-state index contributed by atoms with van der Waals surface area (Å²) in [5.74, 6) is -0.213. The normalized spacial score (nSPS) is 20.0. The maximum absolute atomic E-state index is 13.6. The van der Waals surface area contributed by atoms with Crippen molar-refractivity contribution < 1.29 is 14.4 Å². The smallest absolute Gasteiger partial charge is 0.256 e. The molecule has 7 heteroatoms. The minimum absolute atomic E-state index is 0.0232. The zero-order valence-electron chi connectivity index (χ0n) is 19.9. The highest BCUT2D eigenvalue weighted by atomic mass is 16.2. The second kappa shape index (κ2) is 11.2. The van der Waals surface area contributed by atoms with Gasteiger partial charge in [-0.3, -0.25) is 14.4 Å². The summed E-state index contributed by atoms with van der Waals surface area (Å²) in [5.41, 5.74) is 2.63. The second-order valence-corrected chi connectivity index (χ2v) is 9.05. The van der Waals surface area contributed by atoms with Crippen LogP contribution < -0.4 is 10.2 Å². The van der Waals surface area contributed by atoms with Crippen molar-refractivity contribution in [2.24, 2.45) is 0 Å². The van der Waals surface area contributed by atoms with Gasteiger partial charge in [0.1, 0.15) is 0 Å². The average Bonchev–Trinajstić information content (AvgIpc) is 3.38.